The minimum Gasteiger partial charge on any atom is -0.461 e. The number of rotatable bonds is 7. The van der Waals surface area contributed by atoms with E-state index in [4.69, 9.17) is 9.47 Å². The third kappa shape index (κ3) is 7.42. The first-order chi connectivity index (χ1) is 12.3. The van der Waals surface area contributed by atoms with Gasteiger partial charge in [-0.1, -0.05) is 22.6 Å². The molecule has 0 heterocycles. The zero-order valence-electron chi connectivity index (χ0n) is 13.3. The Hall–Kier alpha value is 0.0500. The van der Waals surface area contributed by atoms with Crippen LogP contribution in [-0.2, 0) is 19.6 Å². The molecule has 0 bridgehead atoms. The number of nitrogens with one attached hydrogen (secondary N) is 1. The number of esters is 2. The van der Waals surface area contributed by atoms with E-state index in [-0.39, 0.29) is 11.3 Å². The maximum atomic E-state index is 12.2. The number of carbonyl (C=O) groups excluding carboxylic acids is 2. The summed E-state index contributed by atoms with van der Waals surface area (Å²) in [6.07, 6.45) is 0. The normalized spacial score (nSPS) is 13.1. The molecule has 1 aromatic carbocycles. The van der Waals surface area contributed by atoms with Gasteiger partial charge in [-0.2, -0.15) is 13.2 Å². The van der Waals surface area contributed by atoms with Crippen molar-refractivity contribution in [3.8, 4) is 5.75 Å². The summed E-state index contributed by atoms with van der Waals surface area (Å²) in [6.45, 7) is 0.175. The number of benzene rings is 1. The fourth-order valence-corrected chi connectivity index (χ4v) is 4.07. The van der Waals surface area contributed by atoms with Gasteiger partial charge in [0.25, 0.3) is 0 Å². The van der Waals surface area contributed by atoms with Crippen molar-refractivity contribution >= 4 is 89.7 Å². The van der Waals surface area contributed by atoms with Crippen LogP contribution in [-0.4, -0.2) is 42.9 Å². The van der Waals surface area contributed by atoms with Crippen LogP contribution in [0, 0.1) is 7.14 Å². The average molecular weight is 747 g/mol. The molecule has 0 aliphatic rings. The average Bonchev–Trinajstić information content (AvgIpc) is 2.52. The molecule has 0 saturated carbocycles. The molecule has 14 heteroatoms. The van der Waals surface area contributed by atoms with Crippen molar-refractivity contribution in [1.29, 1.82) is 0 Å². The first-order valence-electron chi connectivity index (χ1n) is 6.84. The van der Waals surface area contributed by atoms with Crippen LogP contribution < -0.4 is 9.46 Å². The maximum absolute atomic E-state index is 12.2. The number of sulfonamides is 1. The highest BCUT2D eigenvalue weighted by Gasteiger charge is 2.45. The van der Waals surface area contributed by atoms with Crippen molar-refractivity contribution in [3.63, 3.8) is 0 Å². The molecule has 7 nitrogen and oxygen atoms in total. The van der Waals surface area contributed by atoms with Crippen molar-refractivity contribution in [2.75, 3.05) is 13.2 Å². The monoisotopic (exact) mass is 747 g/mol. The Morgan fingerprint density at radius 1 is 1.26 bits per heavy atom. The summed E-state index contributed by atoms with van der Waals surface area (Å²) in [5.74, 6) is -1.60. The fraction of sp³-hybridized carbons (Fsp3) is 0.385. The van der Waals surface area contributed by atoms with Crippen LogP contribution in [0.25, 0.3) is 0 Å². The molecule has 0 aromatic heterocycles. The first-order valence-corrected chi connectivity index (χ1v) is 11.7. The maximum Gasteiger partial charge on any atom is 0.511 e. The van der Waals surface area contributed by atoms with E-state index in [1.807, 2.05) is 67.8 Å². The third-order valence-corrected chi connectivity index (χ3v) is 5.81. The predicted molar refractivity (Wildman–Crippen MR) is 114 cm³/mol. The van der Waals surface area contributed by atoms with Gasteiger partial charge in [0.2, 0.25) is 0 Å². The molecule has 1 aromatic rings. The minimum atomic E-state index is -5.52. The smallest absolute Gasteiger partial charge is 0.461 e. The lowest BCUT2D eigenvalue weighted by Crippen LogP contribution is -2.38. The van der Waals surface area contributed by atoms with E-state index in [9.17, 15) is 31.2 Å². The molecule has 0 aliphatic heterocycles. The van der Waals surface area contributed by atoms with Gasteiger partial charge >= 0.3 is 27.5 Å². The third-order valence-electron chi connectivity index (χ3n) is 2.69. The number of carbonyl (C=O) groups is 2. The zero-order chi connectivity index (χ0) is 21.0. The van der Waals surface area contributed by atoms with Crippen LogP contribution in [0.15, 0.2) is 12.1 Å². The standard InChI is InChI=1S/C13H11F3I3NO6S/c1-6(17)11(21)26-10-8(4-7(18)5-9(10)19)12(22)25-3-2-20-27(23,24)13(14,15)16/h4-6,20H,2-3H2,1H3. The molecule has 0 spiro atoms. The molecule has 0 aliphatic carbocycles. The minimum absolute atomic E-state index is 0.0367. The summed E-state index contributed by atoms with van der Waals surface area (Å²) in [7, 11) is -5.52. The number of ether oxygens (including phenoxy) is 2. The van der Waals surface area contributed by atoms with Crippen LogP contribution in [0.3, 0.4) is 0 Å². The van der Waals surface area contributed by atoms with Gasteiger partial charge in [0, 0.05) is 10.1 Å². The molecular formula is C13H11F3I3NO6S. The van der Waals surface area contributed by atoms with Gasteiger partial charge in [-0.3, -0.25) is 4.79 Å². The molecule has 0 saturated heterocycles. The van der Waals surface area contributed by atoms with Gasteiger partial charge in [0.15, 0.2) is 5.75 Å². The largest absolute Gasteiger partial charge is 0.511 e. The highest BCUT2D eigenvalue weighted by Crippen LogP contribution is 2.30. The van der Waals surface area contributed by atoms with E-state index in [0.717, 1.165) is 0 Å². The topological polar surface area (TPSA) is 98.8 Å². The highest BCUT2D eigenvalue weighted by molar-refractivity contribution is 14.1. The molecule has 1 unspecified atom stereocenters. The van der Waals surface area contributed by atoms with Crippen molar-refractivity contribution in [2.45, 2.75) is 16.4 Å². The molecular weight excluding hydrogens is 736 g/mol. The SMILES string of the molecule is CC(I)C(=O)Oc1c(I)cc(I)cc1C(=O)OCCNS(=O)(=O)C(F)(F)F. The van der Waals surface area contributed by atoms with E-state index in [1.165, 1.54) is 10.8 Å². The summed E-state index contributed by atoms with van der Waals surface area (Å²) >= 11 is 5.61. The van der Waals surface area contributed by atoms with Crippen LogP contribution in [0.2, 0.25) is 0 Å². The van der Waals surface area contributed by atoms with Gasteiger partial charge in [0.05, 0.1) is 3.57 Å². The lowest BCUT2D eigenvalue weighted by Gasteiger charge is -2.14. The summed E-state index contributed by atoms with van der Waals surface area (Å²) in [4.78, 5) is 24.0. The number of hydrogen-bond acceptors (Lipinski definition) is 6. The fourth-order valence-electron chi connectivity index (χ4n) is 1.48. The van der Waals surface area contributed by atoms with Gasteiger partial charge < -0.3 is 9.47 Å². The van der Waals surface area contributed by atoms with Crippen LogP contribution in [0.1, 0.15) is 17.3 Å². The number of halogens is 6. The van der Waals surface area contributed by atoms with Crippen molar-refractivity contribution in [2.24, 2.45) is 0 Å². The summed E-state index contributed by atoms with van der Waals surface area (Å²) < 4.78 is 70.2. The van der Waals surface area contributed by atoms with E-state index in [0.29, 0.717) is 7.14 Å². The van der Waals surface area contributed by atoms with E-state index in [1.54, 1.807) is 13.0 Å². The molecule has 27 heavy (non-hydrogen) atoms. The Balaban J connectivity index is 2.87. The summed E-state index contributed by atoms with van der Waals surface area (Å²) in [6, 6.07) is 3.03. The molecule has 0 fully saturated rings. The molecule has 1 atom stereocenters. The molecule has 0 amide bonds. The highest BCUT2D eigenvalue weighted by atomic mass is 127. The number of hydrogen-bond donors (Lipinski definition) is 1. The van der Waals surface area contributed by atoms with Gasteiger partial charge in [-0.15, -0.1) is 0 Å². The van der Waals surface area contributed by atoms with Crippen molar-refractivity contribution < 1.29 is 40.7 Å². The van der Waals surface area contributed by atoms with E-state index >= 15 is 0 Å². The Labute approximate surface area is 193 Å². The Morgan fingerprint density at radius 3 is 2.37 bits per heavy atom. The summed E-state index contributed by atoms with van der Waals surface area (Å²) in [5.41, 5.74) is -5.56. The lowest BCUT2D eigenvalue weighted by molar-refractivity contribution is -0.133. The van der Waals surface area contributed by atoms with E-state index in [2.05, 4.69) is 0 Å². The first kappa shape index (κ1) is 25.1. The zero-order valence-corrected chi connectivity index (χ0v) is 20.6. The lowest BCUT2D eigenvalue weighted by atomic mass is 10.2. The van der Waals surface area contributed by atoms with E-state index < -0.39 is 44.5 Å². The van der Waals surface area contributed by atoms with Crippen LogP contribution >= 0.6 is 67.8 Å². The predicted octanol–water partition coefficient (Wildman–Crippen LogP) is 3.22. The summed E-state index contributed by atoms with van der Waals surface area (Å²) in [5, 5.41) is 0. The van der Waals surface area contributed by atoms with Crippen molar-refractivity contribution in [3.05, 3.63) is 24.8 Å². The second-order valence-electron chi connectivity index (χ2n) is 4.78. The Morgan fingerprint density at radius 2 is 1.85 bits per heavy atom. The van der Waals surface area contributed by atoms with Crippen molar-refractivity contribution in [1.82, 2.24) is 4.72 Å². The van der Waals surface area contributed by atoms with Gasteiger partial charge in [0.1, 0.15) is 16.1 Å². The number of alkyl halides is 4. The second-order valence-corrected chi connectivity index (χ2v) is 10.8. The van der Waals surface area contributed by atoms with Gasteiger partial charge in [-0.25, -0.2) is 17.9 Å². The van der Waals surface area contributed by atoms with Crippen LogP contribution in [0.5, 0.6) is 5.75 Å². The van der Waals surface area contributed by atoms with Crippen LogP contribution in [0.4, 0.5) is 13.2 Å². The van der Waals surface area contributed by atoms with Gasteiger partial charge in [-0.05, 0) is 64.2 Å². The quantitative estimate of drug-likeness (QED) is 0.152. The molecule has 1 N–H and O–H groups in total. The Bertz CT molecular complexity index is 829. The molecule has 152 valence electrons. The Kier molecular flexibility index (Phi) is 9.47. The molecule has 0 radical (unpaired) electrons. The second kappa shape index (κ2) is 10.2. The molecule has 1 rings (SSSR count).